The molecule has 1 nitrogen and oxygen atoms in total. The number of hydrogen-bond acceptors (Lipinski definition) is 1. The van der Waals surface area contributed by atoms with Crippen molar-refractivity contribution in [3.05, 3.63) is 0 Å². The molecule has 0 amide bonds. The van der Waals surface area contributed by atoms with Gasteiger partial charge in [0.1, 0.15) is 0 Å². The maximum absolute atomic E-state index is 8.92. The molecule has 1 N–H and O–H groups in total. The average molecular weight is 252 g/mol. The van der Waals surface area contributed by atoms with Gasteiger partial charge in [-0.05, 0) is 54.8 Å². The van der Waals surface area contributed by atoms with E-state index in [1.807, 2.05) is 0 Å². The van der Waals surface area contributed by atoms with E-state index in [2.05, 4.69) is 20.8 Å². The molecule has 2 rings (SSSR count). The van der Waals surface area contributed by atoms with Crippen molar-refractivity contribution in [2.75, 3.05) is 6.61 Å². The Labute approximate surface area is 113 Å². The molecular formula is C17H32O. The van der Waals surface area contributed by atoms with E-state index >= 15 is 0 Å². The van der Waals surface area contributed by atoms with E-state index in [4.69, 9.17) is 5.11 Å². The summed E-state index contributed by atoms with van der Waals surface area (Å²) < 4.78 is 0. The maximum Gasteiger partial charge on any atom is 0.0431 e. The lowest BCUT2D eigenvalue weighted by atomic mass is 9.59. The molecule has 18 heavy (non-hydrogen) atoms. The first-order valence-corrected chi connectivity index (χ1v) is 8.20. The topological polar surface area (TPSA) is 20.2 Å². The van der Waals surface area contributed by atoms with Crippen LogP contribution in [0.3, 0.4) is 0 Å². The number of aliphatic hydroxyl groups excluding tert-OH is 1. The maximum atomic E-state index is 8.92. The fourth-order valence-corrected chi connectivity index (χ4v) is 5.32. The largest absolute Gasteiger partial charge is 0.396 e. The summed E-state index contributed by atoms with van der Waals surface area (Å²) in [5.41, 5.74) is 0.635. The van der Waals surface area contributed by atoms with Crippen LogP contribution in [0, 0.1) is 29.1 Å². The second-order valence-electron chi connectivity index (χ2n) is 7.36. The number of unbranched alkanes of at least 4 members (excludes halogenated alkanes) is 1. The van der Waals surface area contributed by atoms with Crippen LogP contribution in [0.4, 0.5) is 0 Å². The van der Waals surface area contributed by atoms with Crippen LogP contribution in [0.5, 0.6) is 0 Å². The molecule has 2 aliphatic rings. The van der Waals surface area contributed by atoms with E-state index in [1.54, 1.807) is 0 Å². The van der Waals surface area contributed by atoms with E-state index in [9.17, 15) is 0 Å². The molecule has 2 saturated carbocycles. The molecule has 0 aromatic rings. The number of fused-ring (bicyclic) bond motifs is 1. The molecule has 0 saturated heterocycles. The van der Waals surface area contributed by atoms with Crippen LogP contribution in [0.1, 0.15) is 72.1 Å². The van der Waals surface area contributed by atoms with Gasteiger partial charge in [-0.2, -0.15) is 0 Å². The quantitative estimate of drug-likeness (QED) is 0.707. The van der Waals surface area contributed by atoms with Crippen LogP contribution in [-0.4, -0.2) is 11.7 Å². The third-order valence-electron chi connectivity index (χ3n) is 6.30. The third kappa shape index (κ3) is 2.61. The van der Waals surface area contributed by atoms with Crippen LogP contribution in [0.2, 0.25) is 0 Å². The summed E-state index contributed by atoms with van der Waals surface area (Å²) in [6.45, 7) is 7.91. The van der Waals surface area contributed by atoms with Gasteiger partial charge in [0.15, 0.2) is 0 Å². The van der Waals surface area contributed by atoms with Gasteiger partial charge in [-0.3, -0.25) is 0 Å². The van der Waals surface area contributed by atoms with Gasteiger partial charge in [0.2, 0.25) is 0 Å². The highest BCUT2D eigenvalue weighted by atomic mass is 16.2. The summed E-state index contributed by atoms with van der Waals surface area (Å²) in [7, 11) is 0. The minimum absolute atomic E-state index is 0.369. The second-order valence-corrected chi connectivity index (χ2v) is 7.36. The van der Waals surface area contributed by atoms with Gasteiger partial charge in [0.25, 0.3) is 0 Å². The second kappa shape index (κ2) is 5.94. The zero-order chi connectivity index (χ0) is 13.2. The molecule has 0 aromatic carbocycles. The molecular weight excluding hydrogens is 220 g/mol. The highest BCUT2D eigenvalue weighted by molar-refractivity contribution is 5.00. The number of aliphatic hydroxyl groups is 1. The van der Waals surface area contributed by atoms with E-state index < -0.39 is 0 Å². The first-order chi connectivity index (χ1) is 8.59. The zero-order valence-electron chi connectivity index (χ0n) is 12.6. The first kappa shape index (κ1) is 14.4. The Morgan fingerprint density at radius 2 is 2.00 bits per heavy atom. The Morgan fingerprint density at radius 3 is 2.72 bits per heavy atom. The standard InChI is InChI=1S/C17H32O/c1-13(7-4-5-12-18)15-9-10-16-14(2)8-6-11-17(15,16)3/h13-16,18H,4-12H2,1-3H3/t13-,14-,15+,16-,17+/m0/s1. The van der Waals surface area contributed by atoms with Crippen molar-refractivity contribution < 1.29 is 5.11 Å². The SMILES string of the molecule is C[C@@H](CCCCO)[C@H]1CC[C@H]2[C@@H](C)CCC[C@]12C. The highest BCUT2D eigenvalue weighted by Gasteiger charge is 2.50. The summed E-state index contributed by atoms with van der Waals surface area (Å²) in [6.07, 6.45) is 10.9. The molecule has 0 heterocycles. The molecule has 106 valence electrons. The Balaban J connectivity index is 1.97. The van der Waals surface area contributed by atoms with Gasteiger partial charge in [-0.15, -0.1) is 0 Å². The minimum Gasteiger partial charge on any atom is -0.396 e. The Bertz CT molecular complexity index is 262. The van der Waals surface area contributed by atoms with Crippen molar-refractivity contribution in [1.82, 2.24) is 0 Å². The van der Waals surface area contributed by atoms with Crippen molar-refractivity contribution in [3.8, 4) is 0 Å². The van der Waals surface area contributed by atoms with Gasteiger partial charge < -0.3 is 5.11 Å². The summed E-state index contributed by atoms with van der Waals surface area (Å²) in [5, 5.41) is 8.92. The minimum atomic E-state index is 0.369. The zero-order valence-corrected chi connectivity index (χ0v) is 12.6. The molecule has 5 atom stereocenters. The Hall–Kier alpha value is -0.0400. The molecule has 0 aliphatic heterocycles. The highest BCUT2D eigenvalue weighted by Crippen LogP contribution is 2.59. The summed E-state index contributed by atoms with van der Waals surface area (Å²) in [6, 6.07) is 0. The van der Waals surface area contributed by atoms with Crippen LogP contribution < -0.4 is 0 Å². The predicted octanol–water partition coefficient (Wildman–Crippen LogP) is 4.64. The summed E-state index contributed by atoms with van der Waals surface area (Å²) >= 11 is 0. The van der Waals surface area contributed by atoms with Crippen molar-refractivity contribution in [2.45, 2.75) is 72.1 Å². The van der Waals surface area contributed by atoms with E-state index in [0.717, 1.165) is 30.1 Å². The molecule has 0 unspecified atom stereocenters. The lowest BCUT2D eigenvalue weighted by Gasteiger charge is -2.46. The van der Waals surface area contributed by atoms with Crippen LogP contribution in [-0.2, 0) is 0 Å². The fourth-order valence-electron chi connectivity index (χ4n) is 5.32. The molecule has 2 fully saturated rings. The molecule has 0 aromatic heterocycles. The van der Waals surface area contributed by atoms with Gasteiger partial charge >= 0.3 is 0 Å². The van der Waals surface area contributed by atoms with Crippen molar-refractivity contribution in [3.63, 3.8) is 0 Å². The lowest BCUT2D eigenvalue weighted by Crippen LogP contribution is -2.38. The third-order valence-corrected chi connectivity index (χ3v) is 6.30. The molecule has 2 aliphatic carbocycles. The van der Waals surface area contributed by atoms with Crippen molar-refractivity contribution in [1.29, 1.82) is 0 Å². The van der Waals surface area contributed by atoms with Crippen LogP contribution >= 0.6 is 0 Å². The van der Waals surface area contributed by atoms with Gasteiger partial charge in [-0.25, -0.2) is 0 Å². The van der Waals surface area contributed by atoms with Gasteiger partial charge in [-0.1, -0.05) is 46.5 Å². The lowest BCUT2D eigenvalue weighted by molar-refractivity contribution is 0.0345. The molecule has 0 spiro atoms. The predicted molar refractivity (Wildman–Crippen MR) is 77.4 cm³/mol. The first-order valence-electron chi connectivity index (χ1n) is 8.20. The summed E-state index contributed by atoms with van der Waals surface area (Å²) in [4.78, 5) is 0. The summed E-state index contributed by atoms with van der Waals surface area (Å²) in [5.74, 6) is 3.76. The van der Waals surface area contributed by atoms with Crippen LogP contribution in [0.25, 0.3) is 0 Å². The smallest absolute Gasteiger partial charge is 0.0431 e. The van der Waals surface area contributed by atoms with E-state index in [-0.39, 0.29) is 0 Å². The van der Waals surface area contributed by atoms with Gasteiger partial charge in [0.05, 0.1) is 0 Å². The molecule has 0 bridgehead atoms. The van der Waals surface area contributed by atoms with Crippen molar-refractivity contribution in [2.24, 2.45) is 29.1 Å². The number of hydrogen-bond donors (Lipinski definition) is 1. The monoisotopic (exact) mass is 252 g/mol. The normalized spacial score (nSPS) is 41.7. The van der Waals surface area contributed by atoms with E-state index in [0.29, 0.717) is 12.0 Å². The Morgan fingerprint density at radius 1 is 1.22 bits per heavy atom. The van der Waals surface area contributed by atoms with Gasteiger partial charge in [0, 0.05) is 6.61 Å². The van der Waals surface area contributed by atoms with E-state index in [1.165, 1.54) is 44.9 Å². The average Bonchev–Trinajstić information content (AvgIpc) is 2.68. The van der Waals surface area contributed by atoms with Crippen LogP contribution in [0.15, 0.2) is 0 Å². The van der Waals surface area contributed by atoms with Crippen molar-refractivity contribution >= 4 is 0 Å². The molecule has 1 heteroatoms. The molecule has 0 radical (unpaired) electrons. The fraction of sp³-hybridized carbons (Fsp3) is 1.00. The Kier molecular flexibility index (Phi) is 4.75. The number of rotatable bonds is 5.